The van der Waals surface area contributed by atoms with Crippen LogP contribution in [0.5, 0.6) is 0 Å². The molecule has 0 spiro atoms. The smallest absolute Gasteiger partial charge is 0.335 e. The molecule has 1 aliphatic heterocycles. The van der Waals surface area contributed by atoms with E-state index >= 15 is 0 Å². The largest absolute Gasteiger partial charge is 0.478 e. The molecule has 2 heterocycles. The molecule has 0 fully saturated rings. The number of carbonyl (C=O) groups excluding carboxylic acids is 1. The first kappa shape index (κ1) is 16.8. The van der Waals surface area contributed by atoms with Crippen LogP contribution in [0.25, 0.3) is 5.57 Å². The molecule has 0 aliphatic carbocycles. The first-order chi connectivity index (χ1) is 12.0. The number of aromatic nitrogens is 2. The molecule has 1 aliphatic rings. The molecule has 0 radical (unpaired) electrons. The average Bonchev–Trinajstić information content (AvgIpc) is 3.06. The second-order valence-corrected chi connectivity index (χ2v) is 5.93. The number of aromatic carboxylic acids is 1. The van der Waals surface area contributed by atoms with E-state index < -0.39 is 5.97 Å². The maximum atomic E-state index is 12.3. The van der Waals surface area contributed by atoms with E-state index in [2.05, 4.69) is 16.5 Å². The number of carboxylic acid groups (broad SMARTS) is 1. The lowest BCUT2D eigenvalue weighted by Gasteiger charge is -2.26. The topological polar surface area (TPSA) is 87.5 Å². The van der Waals surface area contributed by atoms with Gasteiger partial charge in [0.05, 0.1) is 11.3 Å². The molecule has 0 saturated carbocycles. The number of aryl methyl sites for hydroxylation is 1. The number of urea groups is 1. The van der Waals surface area contributed by atoms with Crippen LogP contribution in [-0.2, 0) is 13.6 Å². The van der Waals surface area contributed by atoms with E-state index in [1.807, 2.05) is 17.8 Å². The van der Waals surface area contributed by atoms with Gasteiger partial charge in [-0.25, -0.2) is 9.59 Å². The third kappa shape index (κ3) is 3.88. The number of nitrogens with one attached hydrogen (secondary N) is 1. The molecule has 2 aromatic rings. The van der Waals surface area contributed by atoms with Crippen molar-refractivity contribution in [3.05, 3.63) is 59.4 Å². The van der Waals surface area contributed by atoms with Gasteiger partial charge in [-0.2, -0.15) is 5.10 Å². The Bertz CT molecular complexity index is 808. The van der Waals surface area contributed by atoms with Crippen LogP contribution in [0.15, 0.2) is 42.6 Å². The van der Waals surface area contributed by atoms with Crippen LogP contribution in [0, 0.1) is 0 Å². The lowest BCUT2D eigenvalue weighted by atomic mass is 10.1. The van der Waals surface area contributed by atoms with Crippen LogP contribution >= 0.6 is 0 Å². The summed E-state index contributed by atoms with van der Waals surface area (Å²) in [4.78, 5) is 24.9. The Labute approximate surface area is 145 Å². The molecule has 25 heavy (non-hydrogen) atoms. The maximum absolute atomic E-state index is 12.3. The molecule has 0 unspecified atom stereocenters. The minimum Gasteiger partial charge on any atom is -0.478 e. The van der Waals surface area contributed by atoms with E-state index in [1.54, 1.807) is 23.2 Å². The number of hydrogen-bond donors (Lipinski definition) is 2. The fourth-order valence-corrected chi connectivity index (χ4v) is 2.83. The van der Waals surface area contributed by atoms with Crippen LogP contribution in [0.3, 0.4) is 0 Å². The molecule has 0 atom stereocenters. The maximum Gasteiger partial charge on any atom is 0.335 e. The minimum absolute atomic E-state index is 0.123. The predicted octanol–water partition coefficient (Wildman–Crippen LogP) is 2.12. The van der Waals surface area contributed by atoms with Crippen LogP contribution < -0.4 is 5.32 Å². The van der Waals surface area contributed by atoms with Crippen molar-refractivity contribution in [3.8, 4) is 0 Å². The van der Waals surface area contributed by atoms with Gasteiger partial charge in [-0.3, -0.25) is 4.68 Å². The summed E-state index contributed by atoms with van der Waals surface area (Å²) < 4.78 is 1.84. The highest BCUT2D eigenvalue weighted by Crippen LogP contribution is 2.21. The Morgan fingerprint density at radius 1 is 1.24 bits per heavy atom. The Hall–Kier alpha value is -3.09. The Balaban J connectivity index is 1.53. The van der Waals surface area contributed by atoms with Crippen LogP contribution in [0.2, 0.25) is 0 Å². The number of carbonyl (C=O) groups is 2. The average molecular weight is 340 g/mol. The van der Waals surface area contributed by atoms with Gasteiger partial charge in [0.15, 0.2) is 0 Å². The predicted molar refractivity (Wildman–Crippen MR) is 93.0 cm³/mol. The van der Waals surface area contributed by atoms with Crippen molar-refractivity contribution in [3.63, 3.8) is 0 Å². The molecule has 7 nitrogen and oxygen atoms in total. The molecule has 7 heteroatoms. The molecule has 1 aromatic heterocycles. The molecule has 0 saturated heterocycles. The monoisotopic (exact) mass is 340 g/mol. The second-order valence-electron chi connectivity index (χ2n) is 5.93. The van der Waals surface area contributed by atoms with E-state index in [9.17, 15) is 9.59 Å². The quantitative estimate of drug-likeness (QED) is 0.892. The van der Waals surface area contributed by atoms with Crippen molar-refractivity contribution < 1.29 is 14.7 Å². The Kier molecular flexibility index (Phi) is 4.83. The summed E-state index contributed by atoms with van der Waals surface area (Å²) >= 11 is 0. The lowest BCUT2D eigenvalue weighted by Crippen LogP contribution is -2.41. The SMILES string of the molecule is Cn1nccc1C1=CCN(C(=O)NCc2ccc(C(=O)O)cc2)CC1. The summed E-state index contributed by atoms with van der Waals surface area (Å²) in [5.41, 5.74) is 3.38. The summed E-state index contributed by atoms with van der Waals surface area (Å²) in [6, 6.07) is 8.34. The van der Waals surface area contributed by atoms with Gasteiger partial charge in [-0.15, -0.1) is 0 Å². The number of hydrogen-bond acceptors (Lipinski definition) is 3. The molecular weight excluding hydrogens is 320 g/mol. The highest BCUT2D eigenvalue weighted by molar-refractivity contribution is 5.87. The number of benzene rings is 1. The molecule has 3 rings (SSSR count). The minimum atomic E-state index is -0.958. The van der Waals surface area contributed by atoms with Gasteiger partial charge in [0.2, 0.25) is 0 Å². The van der Waals surface area contributed by atoms with Crippen molar-refractivity contribution in [2.24, 2.45) is 7.05 Å². The first-order valence-corrected chi connectivity index (χ1v) is 8.07. The highest BCUT2D eigenvalue weighted by Gasteiger charge is 2.18. The number of amides is 2. The van der Waals surface area contributed by atoms with E-state index in [4.69, 9.17) is 5.11 Å². The summed E-state index contributed by atoms with van der Waals surface area (Å²) in [6.45, 7) is 1.58. The van der Waals surface area contributed by atoms with Gasteiger partial charge < -0.3 is 15.3 Å². The molecule has 130 valence electrons. The van der Waals surface area contributed by atoms with Gasteiger partial charge in [0.1, 0.15) is 0 Å². The van der Waals surface area contributed by atoms with Crippen LogP contribution in [-0.4, -0.2) is 44.9 Å². The number of carboxylic acids is 1. The molecule has 2 N–H and O–H groups in total. The molecule has 0 bridgehead atoms. The molecule has 2 amide bonds. The molecular formula is C18H20N4O3. The third-order valence-electron chi connectivity index (χ3n) is 4.29. The summed E-state index contributed by atoms with van der Waals surface area (Å²) in [7, 11) is 1.91. The fourth-order valence-electron chi connectivity index (χ4n) is 2.83. The second kappa shape index (κ2) is 7.21. The Morgan fingerprint density at radius 3 is 2.56 bits per heavy atom. The van der Waals surface area contributed by atoms with E-state index in [0.29, 0.717) is 19.6 Å². The van der Waals surface area contributed by atoms with E-state index in [1.165, 1.54) is 17.7 Å². The summed E-state index contributed by atoms with van der Waals surface area (Å²) in [5, 5.41) is 15.9. The highest BCUT2D eigenvalue weighted by atomic mass is 16.4. The van der Waals surface area contributed by atoms with Gasteiger partial charge >= 0.3 is 12.0 Å². The number of nitrogens with zero attached hydrogens (tertiary/aromatic N) is 3. The van der Waals surface area contributed by atoms with Crippen molar-refractivity contribution in [2.45, 2.75) is 13.0 Å². The summed E-state index contributed by atoms with van der Waals surface area (Å²) in [5.74, 6) is -0.958. The molecule has 1 aromatic carbocycles. The van der Waals surface area contributed by atoms with Crippen molar-refractivity contribution >= 4 is 17.6 Å². The van der Waals surface area contributed by atoms with E-state index in [0.717, 1.165) is 17.7 Å². The van der Waals surface area contributed by atoms with Crippen molar-refractivity contribution in [2.75, 3.05) is 13.1 Å². The zero-order valence-electron chi connectivity index (χ0n) is 14.0. The zero-order valence-corrected chi connectivity index (χ0v) is 14.0. The fraction of sp³-hybridized carbons (Fsp3) is 0.278. The van der Waals surface area contributed by atoms with Crippen LogP contribution in [0.1, 0.15) is 28.0 Å². The number of rotatable bonds is 4. The first-order valence-electron chi connectivity index (χ1n) is 8.07. The van der Waals surface area contributed by atoms with Gasteiger partial charge in [0.25, 0.3) is 0 Å². The standard InChI is InChI=1S/C18H20N4O3/c1-21-16(6-9-20-21)14-7-10-22(11-8-14)18(25)19-12-13-2-4-15(5-3-13)17(23)24/h2-7,9H,8,10-12H2,1H3,(H,19,25)(H,23,24). The van der Waals surface area contributed by atoms with Gasteiger partial charge in [-0.05, 0) is 35.8 Å². The lowest BCUT2D eigenvalue weighted by molar-refractivity contribution is 0.0697. The Morgan fingerprint density at radius 2 is 2.00 bits per heavy atom. The van der Waals surface area contributed by atoms with Crippen molar-refractivity contribution in [1.29, 1.82) is 0 Å². The third-order valence-corrected chi connectivity index (χ3v) is 4.29. The van der Waals surface area contributed by atoms with Gasteiger partial charge in [0, 0.05) is 32.9 Å². The van der Waals surface area contributed by atoms with Crippen molar-refractivity contribution in [1.82, 2.24) is 20.0 Å². The van der Waals surface area contributed by atoms with E-state index in [-0.39, 0.29) is 11.6 Å². The van der Waals surface area contributed by atoms with Crippen LogP contribution in [0.4, 0.5) is 4.79 Å². The zero-order chi connectivity index (χ0) is 17.8. The summed E-state index contributed by atoms with van der Waals surface area (Å²) in [6.07, 6.45) is 4.62. The normalized spacial score (nSPS) is 14.1. The van der Waals surface area contributed by atoms with Gasteiger partial charge in [-0.1, -0.05) is 18.2 Å².